The fraction of sp³-hybridized carbons (Fsp3) is 0.632. The van der Waals surface area contributed by atoms with Crippen LogP contribution in [-0.4, -0.2) is 24.0 Å². The molecule has 0 aliphatic carbocycles. The fourth-order valence-corrected chi connectivity index (χ4v) is 3.83. The van der Waals surface area contributed by atoms with Crippen LogP contribution in [0.3, 0.4) is 0 Å². The maximum Gasteiger partial charge on any atom is 0.230 e. The van der Waals surface area contributed by atoms with E-state index in [1.54, 1.807) is 0 Å². The summed E-state index contributed by atoms with van der Waals surface area (Å²) in [7, 11) is 0. The van der Waals surface area contributed by atoms with Crippen molar-refractivity contribution < 1.29 is 4.79 Å². The Hall–Kier alpha value is -1.35. The first kappa shape index (κ1) is 15.5. The Morgan fingerprint density at radius 1 is 1.18 bits per heavy atom. The van der Waals surface area contributed by atoms with Gasteiger partial charge in [-0.25, -0.2) is 0 Å². The van der Waals surface area contributed by atoms with Crippen molar-refractivity contribution in [1.82, 2.24) is 10.6 Å². The summed E-state index contributed by atoms with van der Waals surface area (Å²) in [6, 6.07) is 10.0. The van der Waals surface area contributed by atoms with Gasteiger partial charge in [0.25, 0.3) is 0 Å². The standard InChI is InChI=1S/C19H28N2O/c1-4-13-5-7-14(8-6-13)19(2,3)18(22)21-17-11-15-9-10-16(12-17)20-15/h5-8,15-17,20H,4,9-12H2,1-3H3,(H,21,22). The van der Waals surface area contributed by atoms with Gasteiger partial charge in [0.2, 0.25) is 5.91 Å². The van der Waals surface area contributed by atoms with E-state index in [2.05, 4.69) is 41.8 Å². The van der Waals surface area contributed by atoms with Crippen LogP contribution in [0.4, 0.5) is 0 Å². The highest BCUT2D eigenvalue weighted by molar-refractivity contribution is 5.87. The van der Waals surface area contributed by atoms with E-state index in [0.717, 1.165) is 24.8 Å². The van der Waals surface area contributed by atoms with E-state index in [9.17, 15) is 4.79 Å². The van der Waals surface area contributed by atoms with Gasteiger partial charge >= 0.3 is 0 Å². The second kappa shape index (κ2) is 6.04. The Bertz CT molecular complexity index is 523. The van der Waals surface area contributed by atoms with Crippen molar-refractivity contribution in [1.29, 1.82) is 0 Å². The summed E-state index contributed by atoms with van der Waals surface area (Å²) < 4.78 is 0. The van der Waals surface area contributed by atoms with E-state index in [1.807, 2.05) is 13.8 Å². The summed E-state index contributed by atoms with van der Waals surface area (Å²) in [4.78, 5) is 12.8. The van der Waals surface area contributed by atoms with Crippen molar-refractivity contribution in [2.75, 3.05) is 0 Å². The van der Waals surface area contributed by atoms with Crippen LogP contribution in [0.15, 0.2) is 24.3 Å². The van der Waals surface area contributed by atoms with E-state index >= 15 is 0 Å². The van der Waals surface area contributed by atoms with Gasteiger partial charge in [-0.1, -0.05) is 31.2 Å². The van der Waals surface area contributed by atoms with E-state index in [0.29, 0.717) is 18.1 Å². The molecule has 2 N–H and O–H groups in total. The number of rotatable bonds is 4. The number of benzene rings is 1. The van der Waals surface area contributed by atoms with Crippen LogP contribution in [0.25, 0.3) is 0 Å². The largest absolute Gasteiger partial charge is 0.352 e. The molecule has 2 bridgehead atoms. The Morgan fingerprint density at radius 3 is 2.32 bits per heavy atom. The number of carbonyl (C=O) groups excluding carboxylic acids is 1. The number of hydrogen-bond acceptors (Lipinski definition) is 2. The average molecular weight is 300 g/mol. The van der Waals surface area contributed by atoms with Crippen molar-refractivity contribution in [2.45, 2.75) is 76.4 Å². The van der Waals surface area contributed by atoms with Crippen molar-refractivity contribution in [2.24, 2.45) is 0 Å². The molecule has 2 aliphatic rings. The van der Waals surface area contributed by atoms with Crippen LogP contribution >= 0.6 is 0 Å². The quantitative estimate of drug-likeness (QED) is 0.897. The average Bonchev–Trinajstić information content (AvgIpc) is 2.86. The summed E-state index contributed by atoms with van der Waals surface area (Å²) in [5.74, 6) is 0.156. The highest BCUT2D eigenvalue weighted by Crippen LogP contribution is 2.29. The zero-order valence-electron chi connectivity index (χ0n) is 14.0. The Kier molecular flexibility index (Phi) is 4.26. The first-order valence-corrected chi connectivity index (χ1v) is 8.65. The van der Waals surface area contributed by atoms with Gasteiger partial charge < -0.3 is 10.6 Å². The molecule has 3 nitrogen and oxygen atoms in total. The van der Waals surface area contributed by atoms with Gasteiger partial charge in [0, 0.05) is 18.1 Å². The minimum absolute atomic E-state index is 0.156. The zero-order valence-corrected chi connectivity index (χ0v) is 14.0. The summed E-state index contributed by atoms with van der Waals surface area (Å²) in [5, 5.41) is 6.93. The van der Waals surface area contributed by atoms with Gasteiger partial charge in [0.05, 0.1) is 5.41 Å². The normalized spacial score (nSPS) is 27.7. The van der Waals surface area contributed by atoms with Crippen molar-refractivity contribution in [3.63, 3.8) is 0 Å². The molecule has 0 spiro atoms. The zero-order chi connectivity index (χ0) is 15.7. The summed E-state index contributed by atoms with van der Waals surface area (Å²) in [6.45, 7) is 6.20. The molecule has 3 heteroatoms. The molecule has 0 saturated carbocycles. The SMILES string of the molecule is CCc1ccc(C(C)(C)C(=O)NC2CC3CCC(C2)N3)cc1. The molecular formula is C19H28N2O. The van der Waals surface area contributed by atoms with Crippen molar-refractivity contribution in [3.05, 3.63) is 35.4 Å². The Labute approximate surface area is 133 Å². The van der Waals surface area contributed by atoms with Crippen LogP contribution in [0.5, 0.6) is 0 Å². The molecule has 2 saturated heterocycles. The van der Waals surface area contributed by atoms with E-state index in [-0.39, 0.29) is 5.91 Å². The molecular weight excluding hydrogens is 272 g/mol. The lowest BCUT2D eigenvalue weighted by Gasteiger charge is -2.33. The third-order valence-electron chi connectivity index (χ3n) is 5.46. The Balaban J connectivity index is 1.67. The van der Waals surface area contributed by atoms with E-state index in [4.69, 9.17) is 0 Å². The van der Waals surface area contributed by atoms with Crippen molar-refractivity contribution >= 4 is 5.91 Å². The molecule has 22 heavy (non-hydrogen) atoms. The molecule has 0 radical (unpaired) electrons. The van der Waals surface area contributed by atoms with Gasteiger partial charge in [-0.05, 0) is 57.1 Å². The van der Waals surface area contributed by atoms with Gasteiger partial charge in [-0.2, -0.15) is 0 Å². The second-order valence-corrected chi connectivity index (χ2v) is 7.46. The lowest BCUT2D eigenvalue weighted by atomic mass is 9.82. The molecule has 2 aliphatic heterocycles. The lowest BCUT2D eigenvalue weighted by molar-refractivity contribution is -0.126. The summed E-state index contributed by atoms with van der Waals surface area (Å²) in [5.41, 5.74) is 1.94. The van der Waals surface area contributed by atoms with Gasteiger partial charge in [0.1, 0.15) is 0 Å². The third kappa shape index (κ3) is 3.05. The maximum absolute atomic E-state index is 12.8. The van der Waals surface area contributed by atoms with Gasteiger partial charge in [0.15, 0.2) is 0 Å². The summed E-state index contributed by atoms with van der Waals surface area (Å²) >= 11 is 0. The minimum atomic E-state index is -0.476. The molecule has 1 aromatic rings. The molecule has 2 atom stereocenters. The van der Waals surface area contributed by atoms with E-state index < -0.39 is 5.41 Å². The number of amides is 1. The van der Waals surface area contributed by atoms with Gasteiger partial charge in [-0.15, -0.1) is 0 Å². The second-order valence-electron chi connectivity index (χ2n) is 7.46. The number of piperidine rings is 1. The topological polar surface area (TPSA) is 41.1 Å². The molecule has 120 valence electrons. The fourth-order valence-electron chi connectivity index (χ4n) is 3.83. The van der Waals surface area contributed by atoms with Gasteiger partial charge in [-0.3, -0.25) is 4.79 Å². The summed E-state index contributed by atoms with van der Waals surface area (Å²) in [6.07, 6.45) is 5.71. The number of hydrogen-bond donors (Lipinski definition) is 2. The van der Waals surface area contributed by atoms with Crippen LogP contribution in [0, 0.1) is 0 Å². The molecule has 1 amide bonds. The molecule has 3 rings (SSSR count). The maximum atomic E-state index is 12.8. The number of aryl methyl sites for hydroxylation is 1. The molecule has 0 aromatic heterocycles. The van der Waals surface area contributed by atoms with Crippen molar-refractivity contribution in [3.8, 4) is 0 Å². The van der Waals surface area contributed by atoms with E-state index in [1.165, 1.54) is 18.4 Å². The smallest absolute Gasteiger partial charge is 0.230 e. The van der Waals surface area contributed by atoms with Crippen LogP contribution < -0.4 is 10.6 Å². The molecule has 2 fully saturated rings. The van der Waals surface area contributed by atoms with Crippen LogP contribution in [0.2, 0.25) is 0 Å². The Morgan fingerprint density at radius 2 is 1.77 bits per heavy atom. The molecule has 2 unspecified atom stereocenters. The monoisotopic (exact) mass is 300 g/mol. The highest BCUT2D eigenvalue weighted by atomic mass is 16.2. The third-order valence-corrected chi connectivity index (χ3v) is 5.46. The predicted molar refractivity (Wildman–Crippen MR) is 90.0 cm³/mol. The first-order valence-electron chi connectivity index (χ1n) is 8.65. The van der Waals surface area contributed by atoms with Crippen LogP contribution in [-0.2, 0) is 16.6 Å². The van der Waals surface area contributed by atoms with Crippen LogP contribution in [0.1, 0.15) is 57.6 Å². The molecule has 1 aromatic carbocycles. The highest BCUT2D eigenvalue weighted by Gasteiger charge is 2.37. The number of carbonyl (C=O) groups is 1. The number of fused-ring (bicyclic) bond motifs is 2. The number of nitrogens with one attached hydrogen (secondary N) is 2. The lowest BCUT2D eigenvalue weighted by Crippen LogP contribution is -2.51. The first-order chi connectivity index (χ1) is 10.5. The minimum Gasteiger partial charge on any atom is -0.352 e. The predicted octanol–water partition coefficient (Wildman–Crippen LogP) is 2.93. The molecule has 2 heterocycles.